The number of benzene rings is 2. The number of aliphatic hydroxyl groups excluding tert-OH is 1. The van der Waals surface area contributed by atoms with E-state index in [1.165, 1.54) is 38.5 Å². The molecule has 0 aliphatic rings. The fraction of sp³-hybridized carbons (Fsp3) is 0.278. The number of carbonyl (C=O) groups excluding carboxylic acids is 1. The summed E-state index contributed by atoms with van der Waals surface area (Å²) in [6.07, 6.45) is -0.835. The van der Waals surface area contributed by atoms with Crippen molar-refractivity contribution in [3.8, 4) is 11.5 Å². The molecule has 0 spiro atoms. The molecule has 0 radical (unpaired) electrons. The standard InChI is InChI=1S/C18H20N2O6/c1-25-16-8-3-12(9-17(16)26-2)10-18(22)19-11-15(21)13-4-6-14(7-5-13)20(23)24/h3-9,15,21H,10-11H2,1-2H3,(H,19,22)/t15-/m0/s1. The van der Waals surface area contributed by atoms with Crippen LogP contribution in [0.15, 0.2) is 42.5 Å². The first kappa shape index (κ1) is 19.2. The summed E-state index contributed by atoms with van der Waals surface area (Å²) in [5, 5.41) is 23.4. The second-order valence-corrected chi connectivity index (χ2v) is 5.53. The number of ether oxygens (including phenoxy) is 2. The number of nitrogens with one attached hydrogen (secondary N) is 1. The number of nitro benzene ring substituents is 1. The quantitative estimate of drug-likeness (QED) is 0.550. The van der Waals surface area contributed by atoms with Crippen LogP contribution in [0.25, 0.3) is 0 Å². The van der Waals surface area contributed by atoms with Gasteiger partial charge >= 0.3 is 0 Å². The van der Waals surface area contributed by atoms with Crippen LogP contribution in [-0.4, -0.2) is 36.7 Å². The van der Waals surface area contributed by atoms with Crippen molar-refractivity contribution < 1.29 is 24.3 Å². The van der Waals surface area contributed by atoms with Gasteiger partial charge in [-0.15, -0.1) is 0 Å². The summed E-state index contributed by atoms with van der Waals surface area (Å²) < 4.78 is 10.3. The molecule has 0 heterocycles. The maximum absolute atomic E-state index is 12.1. The van der Waals surface area contributed by atoms with Crippen LogP contribution in [0.2, 0.25) is 0 Å². The second kappa shape index (κ2) is 8.82. The van der Waals surface area contributed by atoms with Crippen LogP contribution in [0.4, 0.5) is 5.69 Å². The van der Waals surface area contributed by atoms with Gasteiger partial charge in [-0.25, -0.2) is 0 Å². The van der Waals surface area contributed by atoms with E-state index in [2.05, 4.69) is 5.32 Å². The molecule has 2 aromatic rings. The molecule has 0 unspecified atom stereocenters. The van der Waals surface area contributed by atoms with Crippen molar-refractivity contribution in [1.29, 1.82) is 0 Å². The molecule has 0 aromatic heterocycles. The fourth-order valence-electron chi connectivity index (χ4n) is 2.39. The van der Waals surface area contributed by atoms with Gasteiger partial charge in [0.1, 0.15) is 0 Å². The van der Waals surface area contributed by atoms with Crippen LogP contribution in [0, 0.1) is 10.1 Å². The van der Waals surface area contributed by atoms with Crippen molar-refractivity contribution in [3.63, 3.8) is 0 Å². The summed E-state index contributed by atoms with van der Waals surface area (Å²) >= 11 is 0. The Bertz CT molecular complexity index is 776. The average Bonchev–Trinajstić information content (AvgIpc) is 2.66. The van der Waals surface area contributed by atoms with E-state index in [0.29, 0.717) is 17.1 Å². The van der Waals surface area contributed by atoms with Gasteiger partial charge in [-0.1, -0.05) is 6.07 Å². The highest BCUT2D eigenvalue weighted by Crippen LogP contribution is 2.27. The van der Waals surface area contributed by atoms with E-state index in [1.54, 1.807) is 18.2 Å². The number of hydrogen-bond donors (Lipinski definition) is 2. The van der Waals surface area contributed by atoms with Crippen molar-refractivity contribution in [2.24, 2.45) is 0 Å². The Morgan fingerprint density at radius 2 is 1.81 bits per heavy atom. The van der Waals surface area contributed by atoms with Crippen molar-refractivity contribution in [1.82, 2.24) is 5.32 Å². The van der Waals surface area contributed by atoms with Gasteiger partial charge in [-0.3, -0.25) is 14.9 Å². The minimum absolute atomic E-state index is 0.00390. The van der Waals surface area contributed by atoms with Crippen LogP contribution in [0.3, 0.4) is 0 Å². The third-order valence-electron chi connectivity index (χ3n) is 3.79. The monoisotopic (exact) mass is 360 g/mol. The zero-order valence-electron chi connectivity index (χ0n) is 14.5. The van der Waals surface area contributed by atoms with Crippen LogP contribution in [0.5, 0.6) is 11.5 Å². The Hall–Kier alpha value is -3.13. The van der Waals surface area contributed by atoms with E-state index >= 15 is 0 Å². The van der Waals surface area contributed by atoms with Gasteiger partial charge in [-0.05, 0) is 35.4 Å². The van der Waals surface area contributed by atoms with Crippen molar-refractivity contribution >= 4 is 11.6 Å². The number of amides is 1. The molecule has 8 nitrogen and oxygen atoms in total. The van der Waals surface area contributed by atoms with Crippen LogP contribution >= 0.6 is 0 Å². The van der Waals surface area contributed by atoms with Gasteiger partial charge in [0, 0.05) is 18.7 Å². The van der Waals surface area contributed by atoms with E-state index in [0.717, 1.165) is 5.56 Å². The number of nitrogens with zero attached hydrogens (tertiary/aromatic N) is 1. The first-order chi connectivity index (χ1) is 12.4. The molecular weight excluding hydrogens is 340 g/mol. The Morgan fingerprint density at radius 3 is 2.38 bits per heavy atom. The topological polar surface area (TPSA) is 111 Å². The van der Waals surface area contributed by atoms with Crippen LogP contribution in [0.1, 0.15) is 17.2 Å². The number of carbonyl (C=O) groups is 1. The Labute approximate surface area is 150 Å². The lowest BCUT2D eigenvalue weighted by atomic mass is 10.1. The zero-order chi connectivity index (χ0) is 19.1. The van der Waals surface area contributed by atoms with Gasteiger partial charge < -0.3 is 19.9 Å². The molecule has 0 aliphatic heterocycles. The summed E-state index contributed by atoms with van der Waals surface area (Å²) in [5.74, 6) is 0.840. The summed E-state index contributed by atoms with van der Waals surface area (Å²) in [4.78, 5) is 22.2. The molecule has 2 N–H and O–H groups in total. The van der Waals surface area contributed by atoms with Gasteiger partial charge in [0.05, 0.1) is 31.7 Å². The van der Waals surface area contributed by atoms with Crippen LogP contribution < -0.4 is 14.8 Å². The van der Waals surface area contributed by atoms with Gasteiger partial charge in [0.15, 0.2) is 11.5 Å². The molecule has 138 valence electrons. The lowest BCUT2D eigenvalue weighted by molar-refractivity contribution is -0.384. The van der Waals surface area contributed by atoms with E-state index in [1.807, 2.05) is 0 Å². The maximum Gasteiger partial charge on any atom is 0.269 e. The first-order valence-electron chi connectivity index (χ1n) is 7.84. The van der Waals surface area contributed by atoms with Gasteiger partial charge in [0.25, 0.3) is 5.69 Å². The minimum Gasteiger partial charge on any atom is -0.493 e. The van der Waals surface area contributed by atoms with Crippen molar-refractivity contribution in [2.75, 3.05) is 20.8 Å². The normalized spacial score (nSPS) is 11.5. The first-order valence-corrected chi connectivity index (χ1v) is 7.84. The fourth-order valence-corrected chi connectivity index (χ4v) is 2.39. The average molecular weight is 360 g/mol. The molecule has 0 bridgehead atoms. The molecule has 0 saturated carbocycles. The molecule has 0 fully saturated rings. The maximum atomic E-state index is 12.1. The molecule has 2 rings (SSSR count). The highest BCUT2D eigenvalue weighted by molar-refractivity contribution is 5.78. The number of methoxy groups -OCH3 is 2. The molecule has 2 aromatic carbocycles. The van der Waals surface area contributed by atoms with E-state index < -0.39 is 11.0 Å². The summed E-state index contributed by atoms with van der Waals surface area (Å²) in [7, 11) is 3.05. The molecule has 26 heavy (non-hydrogen) atoms. The highest BCUT2D eigenvalue weighted by atomic mass is 16.6. The van der Waals surface area contributed by atoms with Gasteiger partial charge in [-0.2, -0.15) is 0 Å². The lowest BCUT2D eigenvalue weighted by Crippen LogP contribution is -2.29. The Balaban J connectivity index is 1.90. The third kappa shape index (κ3) is 4.93. The second-order valence-electron chi connectivity index (χ2n) is 5.53. The third-order valence-corrected chi connectivity index (χ3v) is 3.79. The predicted octanol–water partition coefficient (Wildman–Crippen LogP) is 2.00. The van der Waals surface area contributed by atoms with E-state index in [-0.39, 0.29) is 24.6 Å². The number of hydrogen-bond acceptors (Lipinski definition) is 6. The molecule has 8 heteroatoms. The number of rotatable bonds is 8. The molecule has 0 aliphatic carbocycles. The number of non-ortho nitro benzene ring substituents is 1. The van der Waals surface area contributed by atoms with Crippen molar-refractivity contribution in [3.05, 3.63) is 63.7 Å². The summed E-state index contributed by atoms with van der Waals surface area (Å²) in [6, 6.07) is 10.7. The minimum atomic E-state index is -0.954. The van der Waals surface area contributed by atoms with E-state index in [4.69, 9.17) is 9.47 Å². The highest BCUT2D eigenvalue weighted by Gasteiger charge is 2.13. The summed E-state index contributed by atoms with van der Waals surface area (Å²) in [6.45, 7) is 0.00390. The largest absolute Gasteiger partial charge is 0.493 e. The Morgan fingerprint density at radius 1 is 1.15 bits per heavy atom. The molecule has 1 atom stereocenters. The van der Waals surface area contributed by atoms with Crippen LogP contribution in [-0.2, 0) is 11.2 Å². The SMILES string of the molecule is COc1ccc(CC(=O)NC[C@H](O)c2ccc([N+](=O)[O-])cc2)cc1OC. The smallest absolute Gasteiger partial charge is 0.269 e. The predicted molar refractivity (Wildman–Crippen MR) is 94.3 cm³/mol. The Kier molecular flexibility index (Phi) is 6.51. The van der Waals surface area contributed by atoms with Crippen molar-refractivity contribution in [2.45, 2.75) is 12.5 Å². The molecule has 1 amide bonds. The van der Waals surface area contributed by atoms with E-state index in [9.17, 15) is 20.0 Å². The van der Waals surface area contributed by atoms with Gasteiger partial charge in [0.2, 0.25) is 5.91 Å². The summed E-state index contributed by atoms with van der Waals surface area (Å²) in [5.41, 5.74) is 1.17. The molecular formula is C18H20N2O6. The lowest BCUT2D eigenvalue weighted by Gasteiger charge is -2.13. The number of nitro groups is 1. The molecule has 0 saturated heterocycles. The zero-order valence-corrected chi connectivity index (χ0v) is 14.5. The number of aliphatic hydroxyl groups is 1.